The molecule has 0 radical (unpaired) electrons. The van der Waals surface area contributed by atoms with Crippen molar-refractivity contribution in [3.05, 3.63) is 138 Å². The summed E-state index contributed by atoms with van der Waals surface area (Å²) in [6.07, 6.45) is 3.47. The zero-order chi connectivity index (χ0) is 31.5. The highest BCUT2D eigenvalue weighted by molar-refractivity contribution is 7.89. The lowest BCUT2D eigenvalue weighted by Crippen LogP contribution is -2.50. The van der Waals surface area contributed by atoms with E-state index in [1.54, 1.807) is 29.2 Å². The molecule has 0 unspecified atom stereocenters. The average molecular weight is 624 g/mol. The average Bonchev–Trinajstić information content (AvgIpc) is 3.63. The molecule has 8 heteroatoms. The van der Waals surface area contributed by atoms with Gasteiger partial charge < -0.3 is 10.2 Å². The monoisotopic (exact) mass is 623 g/mol. The molecule has 1 fully saturated rings. The third-order valence-electron chi connectivity index (χ3n) is 8.28. The number of carbonyl (C=O) groups excluding carboxylic acids is 2. The fourth-order valence-corrected chi connectivity index (χ4v) is 7.24. The Bertz CT molecular complexity index is 1620. The van der Waals surface area contributed by atoms with Crippen LogP contribution in [0.3, 0.4) is 0 Å². The first-order valence-corrected chi connectivity index (χ1v) is 17.1. The van der Waals surface area contributed by atoms with E-state index in [1.165, 1.54) is 4.31 Å². The van der Waals surface area contributed by atoms with Crippen molar-refractivity contribution in [2.24, 2.45) is 0 Å². The van der Waals surface area contributed by atoms with Gasteiger partial charge in [-0.1, -0.05) is 103 Å². The summed E-state index contributed by atoms with van der Waals surface area (Å²) in [4.78, 5) is 29.8. The SMILES string of the molecule is O=C(NCCc1ccccc1)[C@H](Cc1ccccc1)N(Cc1ccccc1)C(=O)CCc1ccc(S(=O)(=O)N2CCCC2)cc1. The first-order chi connectivity index (χ1) is 21.9. The number of aryl methyl sites for hydroxylation is 1. The first-order valence-electron chi connectivity index (χ1n) is 15.7. The predicted octanol–water partition coefficient (Wildman–Crippen LogP) is 5.40. The van der Waals surface area contributed by atoms with Crippen molar-refractivity contribution in [3.8, 4) is 0 Å². The van der Waals surface area contributed by atoms with Gasteiger partial charge in [-0.2, -0.15) is 4.31 Å². The van der Waals surface area contributed by atoms with E-state index in [1.807, 2.05) is 91.0 Å². The van der Waals surface area contributed by atoms with Gasteiger partial charge in [0.15, 0.2) is 0 Å². The number of nitrogens with zero attached hydrogens (tertiary/aromatic N) is 2. The lowest BCUT2D eigenvalue weighted by atomic mass is 10.0. The van der Waals surface area contributed by atoms with Gasteiger partial charge in [0.2, 0.25) is 21.8 Å². The van der Waals surface area contributed by atoms with Gasteiger partial charge in [-0.05, 0) is 60.1 Å². The zero-order valence-electron chi connectivity index (χ0n) is 25.6. The van der Waals surface area contributed by atoms with Crippen molar-refractivity contribution in [1.82, 2.24) is 14.5 Å². The maximum absolute atomic E-state index is 14.0. The van der Waals surface area contributed by atoms with Gasteiger partial charge in [-0.3, -0.25) is 9.59 Å². The topological polar surface area (TPSA) is 86.8 Å². The number of rotatable bonds is 14. The van der Waals surface area contributed by atoms with Gasteiger partial charge in [0.05, 0.1) is 4.90 Å². The summed E-state index contributed by atoms with van der Waals surface area (Å²) in [6, 6.07) is 35.6. The minimum absolute atomic E-state index is 0.133. The molecule has 1 atom stereocenters. The van der Waals surface area contributed by atoms with Crippen molar-refractivity contribution in [1.29, 1.82) is 0 Å². The Labute approximate surface area is 266 Å². The molecule has 1 aliphatic rings. The van der Waals surface area contributed by atoms with Crippen molar-refractivity contribution < 1.29 is 18.0 Å². The molecule has 0 aromatic heterocycles. The lowest BCUT2D eigenvalue weighted by molar-refractivity contribution is -0.141. The third-order valence-corrected chi connectivity index (χ3v) is 10.2. The summed E-state index contributed by atoms with van der Waals surface area (Å²) in [5.41, 5.74) is 3.92. The molecule has 1 aliphatic heterocycles. The van der Waals surface area contributed by atoms with E-state index in [9.17, 15) is 18.0 Å². The molecule has 0 aliphatic carbocycles. The molecule has 4 aromatic carbocycles. The van der Waals surface area contributed by atoms with Crippen molar-refractivity contribution in [3.63, 3.8) is 0 Å². The second-order valence-corrected chi connectivity index (χ2v) is 13.4. The molecule has 5 rings (SSSR count). The van der Waals surface area contributed by atoms with Gasteiger partial charge in [0, 0.05) is 39.0 Å². The Hall–Kier alpha value is -4.27. The molecule has 234 valence electrons. The van der Waals surface area contributed by atoms with Gasteiger partial charge in [-0.25, -0.2) is 8.42 Å². The number of benzene rings is 4. The summed E-state index contributed by atoms with van der Waals surface area (Å²) in [5.74, 6) is -0.317. The molecule has 0 bridgehead atoms. The van der Waals surface area contributed by atoms with Crippen LogP contribution in [0.25, 0.3) is 0 Å². The van der Waals surface area contributed by atoms with Crippen LogP contribution < -0.4 is 5.32 Å². The highest BCUT2D eigenvalue weighted by atomic mass is 32.2. The van der Waals surface area contributed by atoms with Gasteiger partial charge >= 0.3 is 0 Å². The summed E-state index contributed by atoms with van der Waals surface area (Å²) in [7, 11) is -3.50. The van der Waals surface area contributed by atoms with Crippen LogP contribution in [-0.4, -0.2) is 55.1 Å². The third kappa shape index (κ3) is 8.90. The summed E-state index contributed by atoms with van der Waals surface area (Å²) in [6.45, 7) is 1.88. The fourth-order valence-electron chi connectivity index (χ4n) is 5.73. The smallest absolute Gasteiger partial charge is 0.243 e. The van der Waals surface area contributed by atoms with Gasteiger partial charge in [0.1, 0.15) is 6.04 Å². The summed E-state index contributed by atoms with van der Waals surface area (Å²) >= 11 is 0. The number of nitrogens with one attached hydrogen (secondary N) is 1. The first kappa shape index (κ1) is 32.1. The number of hydrogen-bond acceptors (Lipinski definition) is 4. The number of sulfonamides is 1. The quantitative estimate of drug-likeness (QED) is 0.204. The molecular weight excluding hydrogens is 582 g/mol. The second kappa shape index (κ2) is 15.6. The molecule has 0 saturated carbocycles. The molecule has 1 N–H and O–H groups in total. The van der Waals surface area contributed by atoms with Crippen LogP contribution in [0, 0.1) is 0 Å². The zero-order valence-corrected chi connectivity index (χ0v) is 26.4. The van der Waals surface area contributed by atoms with E-state index in [0.717, 1.165) is 35.1 Å². The number of carbonyl (C=O) groups is 2. The van der Waals surface area contributed by atoms with E-state index in [0.29, 0.717) is 45.4 Å². The summed E-state index contributed by atoms with van der Waals surface area (Å²) in [5, 5.41) is 3.10. The summed E-state index contributed by atoms with van der Waals surface area (Å²) < 4.78 is 27.4. The minimum atomic E-state index is -3.50. The fraction of sp³-hybridized carbons (Fsp3) is 0.297. The molecular formula is C37H41N3O4S. The molecule has 0 spiro atoms. The Morgan fingerprint density at radius 2 is 1.22 bits per heavy atom. The van der Waals surface area contributed by atoms with E-state index in [-0.39, 0.29) is 23.1 Å². The molecule has 7 nitrogen and oxygen atoms in total. The maximum atomic E-state index is 14.0. The number of amides is 2. The van der Waals surface area contributed by atoms with Crippen LogP contribution in [0.5, 0.6) is 0 Å². The van der Waals surface area contributed by atoms with Crippen LogP contribution in [0.15, 0.2) is 120 Å². The minimum Gasteiger partial charge on any atom is -0.354 e. The van der Waals surface area contributed by atoms with Crippen molar-refractivity contribution in [2.75, 3.05) is 19.6 Å². The number of hydrogen-bond donors (Lipinski definition) is 1. The Morgan fingerprint density at radius 3 is 1.82 bits per heavy atom. The molecule has 2 amide bonds. The van der Waals surface area contributed by atoms with Crippen molar-refractivity contribution in [2.45, 2.75) is 56.0 Å². The van der Waals surface area contributed by atoms with E-state index >= 15 is 0 Å². The molecule has 1 heterocycles. The normalized spacial score (nSPS) is 14.1. The standard InChI is InChI=1S/C37H41N3O4S/c41-36(23-20-31-18-21-34(22-19-31)45(43,44)39-26-10-11-27-39)40(29-33-16-8-3-9-17-33)35(28-32-14-6-2-7-15-32)37(42)38-25-24-30-12-4-1-5-13-30/h1-9,12-19,21-22,35H,10-11,20,23-29H2,(H,38,42)/t35-/m0/s1. The van der Waals surface area contributed by atoms with Crippen LogP contribution in [-0.2, 0) is 45.4 Å². The highest BCUT2D eigenvalue weighted by Crippen LogP contribution is 2.22. The van der Waals surface area contributed by atoms with Crippen LogP contribution in [0.2, 0.25) is 0 Å². The molecule has 4 aromatic rings. The maximum Gasteiger partial charge on any atom is 0.243 e. The lowest BCUT2D eigenvalue weighted by Gasteiger charge is -2.31. The predicted molar refractivity (Wildman–Crippen MR) is 177 cm³/mol. The second-order valence-electron chi connectivity index (χ2n) is 11.5. The van der Waals surface area contributed by atoms with Crippen LogP contribution >= 0.6 is 0 Å². The Morgan fingerprint density at radius 1 is 0.689 bits per heavy atom. The highest BCUT2D eigenvalue weighted by Gasteiger charge is 2.30. The van der Waals surface area contributed by atoms with Crippen LogP contribution in [0.1, 0.15) is 41.5 Å². The van der Waals surface area contributed by atoms with Crippen LogP contribution in [0.4, 0.5) is 0 Å². The van der Waals surface area contributed by atoms with Gasteiger partial charge in [0.25, 0.3) is 0 Å². The van der Waals surface area contributed by atoms with Gasteiger partial charge in [-0.15, -0.1) is 0 Å². The molecule has 1 saturated heterocycles. The Kier molecular flexibility index (Phi) is 11.2. The van der Waals surface area contributed by atoms with E-state index in [4.69, 9.17) is 0 Å². The van der Waals surface area contributed by atoms with E-state index in [2.05, 4.69) is 5.32 Å². The Balaban J connectivity index is 1.33. The van der Waals surface area contributed by atoms with Crippen molar-refractivity contribution >= 4 is 21.8 Å². The van der Waals surface area contributed by atoms with E-state index < -0.39 is 16.1 Å². The molecule has 45 heavy (non-hydrogen) atoms. The largest absolute Gasteiger partial charge is 0.354 e.